The average molecular weight is 228 g/mol. The minimum atomic E-state index is -0.393. The van der Waals surface area contributed by atoms with Gasteiger partial charge in [0.05, 0.1) is 17.7 Å². The normalized spacial score (nSPS) is 32.1. The summed E-state index contributed by atoms with van der Waals surface area (Å²) >= 11 is 0. The molecule has 2 fully saturated rings. The van der Waals surface area contributed by atoms with Crippen LogP contribution in [0.4, 0.5) is 0 Å². The van der Waals surface area contributed by atoms with Gasteiger partial charge in [-0.2, -0.15) is 0 Å². The Morgan fingerprint density at radius 2 is 2.38 bits per heavy atom. The molecule has 1 saturated heterocycles. The van der Waals surface area contributed by atoms with Crippen molar-refractivity contribution in [2.24, 2.45) is 0 Å². The molecule has 1 aliphatic heterocycles. The molecule has 1 saturated carbocycles. The predicted octanol–water partition coefficient (Wildman–Crippen LogP) is -0.605. The third-order valence-electron chi connectivity index (χ3n) is 3.71. The molecule has 5 heteroatoms. The van der Waals surface area contributed by atoms with Crippen molar-refractivity contribution in [1.82, 2.24) is 10.6 Å². The summed E-state index contributed by atoms with van der Waals surface area (Å²) in [6.07, 6.45) is 3.32. The number of carbonyl (C=O) groups excluding carboxylic acids is 1. The van der Waals surface area contributed by atoms with Crippen LogP contribution in [0.25, 0.3) is 0 Å². The van der Waals surface area contributed by atoms with E-state index in [0.717, 1.165) is 12.8 Å². The summed E-state index contributed by atoms with van der Waals surface area (Å²) in [4.78, 5) is 11.8. The first kappa shape index (κ1) is 11.8. The summed E-state index contributed by atoms with van der Waals surface area (Å²) in [5.74, 6) is -0.0279. The number of hydrogen-bond acceptors (Lipinski definition) is 4. The van der Waals surface area contributed by atoms with Gasteiger partial charge in [-0.05, 0) is 25.7 Å². The topological polar surface area (TPSA) is 70.6 Å². The lowest BCUT2D eigenvalue weighted by atomic mass is 9.80. The van der Waals surface area contributed by atoms with E-state index in [2.05, 4.69) is 10.6 Å². The molecule has 5 nitrogen and oxygen atoms in total. The lowest BCUT2D eigenvalue weighted by Gasteiger charge is -2.40. The van der Waals surface area contributed by atoms with Gasteiger partial charge in [0.2, 0.25) is 5.91 Å². The van der Waals surface area contributed by atoms with Crippen LogP contribution >= 0.6 is 0 Å². The number of rotatable bonds is 4. The van der Waals surface area contributed by atoms with Gasteiger partial charge < -0.3 is 20.5 Å². The molecule has 2 atom stereocenters. The second-order valence-electron chi connectivity index (χ2n) is 4.81. The highest BCUT2D eigenvalue weighted by atomic mass is 16.5. The average Bonchev–Trinajstić information content (AvgIpc) is 2.64. The molecular formula is C11H20N2O3. The third kappa shape index (κ3) is 2.36. The first-order valence-corrected chi connectivity index (χ1v) is 5.89. The van der Waals surface area contributed by atoms with E-state index in [1.54, 1.807) is 7.11 Å². The van der Waals surface area contributed by atoms with Crippen molar-refractivity contribution in [1.29, 1.82) is 0 Å². The zero-order chi connectivity index (χ0) is 11.6. The summed E-state index contributed by atoms with van der Waals surface area (Å²) in [5.41, 5.74) is -0.132. The van der Waals surface area contributed by atoms with E-state index in [1.165, 1.54) is 6.42 Å². The maximum absolute atomic E-state index is 11.8. The van der Waals surface area contributed by atoms with Gasteiger partial charge in [0, 0.05) is 20.2 Å². The monoisotopic (exact) mass is 228 g/mol. The van der Waals surface area contributed by atoms with Gasteiger partial charge in [0.1, 0.15) is 0 Å². The first-order chi connectivity index (χ1) is 7.65. The Morgan fingerprint density at radius 3 is 2.81 bits per heavy atom. The van der Waals surface area contributed by atoms with Crippen LogP contribution in [0.5, 0.6) is 0 Å². The maximum Gasteiger partial charge on any atom is 0.237 e. The number of aliphatic hydroxyl groups excluding tert-OH is 1. The van der Waals surface area contributed by atoms with E-state index in [9.17, 15) is 9.90 Å². The fourth-order valence-electron chi connectivity index (χ4n) is 2.31. The Balaban J connectivity index is 1.75. The molecule has 2 unspecified atom stereocenters. The minimum absolute atomic E-state index is 0.0279. The van der Waals surface area contributed by atoms with Gasteiger partial charge in [0.25, 0.3) is 0 Å². The number of ether oxygens (including phenoxy) is 1. The van der Waals surface area contributed by atoms with Crippen LogP contribution < -0.4 is 10.6 Å². The lowest BCUT2D eigenvalue weighted by molar-refractivity contribution is -0.126. The van der Waals surface area contributed by atoms with Gasteiger partial charge >= 0.3 is 0 Å². The Morgan fingerprint density at radius 1 is 1.62 bits per heavy atom. The van der Waals surface area contributed by atoms with Crippen LogP contribution in [-0.2, 0) is 9.53 Å². The van der Waals surface area contributed by atoms with E-state index in [0.29, 0.717) is 19.5 Å². The second kappa shape index (κ2) is 4.69. The SMILES string of the molecule is COC1(CNC(=O)C2CC(O)CN2)CCC1. The van der Waals surface area contributed by atoms with Gasteiger partial charge in [0.15, 0.2) is 0 Å². The number of amides is 1. The smallest absolute Gasteiger partial charge is 0.237 e. The zero-order valence-corrected chi connectivity index (χ0v) is 9.66. The number of β-amino-alcohol motifs (C(OH)–C–C–N with tert-alkyl or cyclic N) is 1. The van der Waals surface area contributed by atoms with Crippen molar-refractivity contribution in [3.05, 3.63) is 0 Å². The summed E-state index contributed by atoms with van der Waals surface area (Å²) in [7, 11) is 1.70. The molecule has 0 aromatic heterocycles. The van der Waals surface area contributed by atoms with E-state index >= 15 is 0 Å². The second-order valence-corrected chi connectivity index (χ2v) is 4.81. The molecule has 0 radical (unpaired) electrons. The largest absolute Gasteiger partial charge is 0.392 e. The number of methoxy groups -OCH3 is 1. The highest BCUT2D eigenvalue weighted by molar-refractivity contribution is 5.82. The number of hydrogen-bond donors (Lipinski definition) is 3. The Kier molecular flexibility index (Phi) is 3.47. The third-order valence-corrected chi connectivity index (χ3v) is 3.71. The lowest BCUT2D eigenvalue weighted by Crippen LogP contribution is -2.52. The molecule has 92 valence electrons. The molecule has 1 amide bonds. The Hall–Kier alpha value is -0.650. The van der Waals surface area contributed by atoms with Crippen molar-refractivity contribution in [2.75, 3.05) is 20.2 Å². The summed E-state index contributed by atoms with van der Waals surface area (Å²) in [6.45, 7) is 1.09. The summed E-state index contributed by atoms with van der Waals surface area (Å²) < 4.78 is 5.42. The quantitative estimate of drug-likeness (QED) is 0.600. The van der Waals surface area contributed by atoms with Crippen LogP contribution in [0.2, 0.25) is 0 Å². The first-order valence-electron chi connectivity index (χ1n) is 5.89. The zero-order valence-electron chi connectivity index (χ0n) is 9.66. The van der Waals surface area contributed by atoms with Crippen LogP contribution in [0.1, 0.15) is 25.7 Å². The molecule has 1 aliphatic carbocycles. The highest BCUT2D eigenvalue weighted by Crippen LogP contribution is 2.34. The number of aliphatic hydroxyl groups is 1. The molecule has 3 N–H and O–H groups in total. The molecular weight excluding hydrogens is 208 g/mol. The van der Waals surface area contributed by atoms with Crippen molar-refractivity contribution >= 4 is 5.91 Å². The van der Waals surface area contributed by atoms with Gasteiger partial charge in [-0.3, -0.25) is 4.79 Å². The molecule has 0 spiro atoms. The van der Waals surface area contributed by atoms with Crippen molar-refractivity contribution in [3.8, 4) is 0 Å². The fourth-order valence-corrected chi connectivity index (χ4v) is 2.31. The molecule has 0 aromatic rings. The van der Waals surface area contributed by atoms with Crippen LogP contribution in [-0.4, -0.2) is 49.0 Å². The molecule has 16 heavy (non-hydrogen) atoms. The maximum atomic E-state index is 11.8. The van der Waals surface area contributed by atoms with Crippen LogP contribution in [0, 0.1) is 0 Å². The van der Waals surface area contributed by atoms with Gasteiger partial charge in [-0.1, -0.05) is 0 Å². The molecule has 0 aromatic carbocycles. The molecule has 1 heterocycles. The minimum Gasteiger partial charge on any atom is -0.392 e. The van der Waals surface area contributed by atoms with Crippen molar-refractivity contribution < 1.29 is 14.6 Å². The van der Waals surface area contributed by atoms with E-state index < -0.39 is 6.10 Å². The number of carbonyl (C=O) groups is 1. The van der Waals surface area contributed by atoms with Crippen LogP contribution in [0.15, 0.2) is 0 Å². The van der Waals surface area contributed by atoms with E-state index in [1.807, 2.05) is 0 Å². The standard InChI is InChI=1S/C11H20N2O3/c1-16-11(3-2-4-11)7-13-10(15)9-5-8(14)6-12-9/h8-9,12,14H,2-7H2,1H3,(H,13,15). The highest BCUT2D eigenvalue weighted by Gasteiger charge is 2.38. The van der Waals surface area contributed by atoms with Gasteiger partial charge in [-0.15, -0.1) is 0 Å². The predicted molar refractivity (Wildman–Crippen MR) is 59.0 cm³/mol. The summed E-state index contributed by atoms with van der Waals surface area (Å²) in [6, 6.07) is -0.246. The van der Waals surface area contributed by atoms with E-state index in [-0.39, 0.29) is 17.6 Å². The molecule has 0 bridgehead atoms. The van der Waals surface area contributed by atoms with Gasteiger partial charge in [-0.25, -0.2) is 0 Å². The van der Waals surface area contributed by atoms with Crippen molar-refractivity contribution in [2.45, 2.75) is 43.4 Å². The van der Waals surface area contributed by atoms with Crippen LogP contribution in [0.3, 0.4) is 0 Å². The molecule has 2 aliphatic rings. The number of nitrogens with one attached hydrogen (secondary N) is 2. The Bertz CT molecular complexity index is 260. The fraction of sp³-hybridized carbons (Fsp3) is 0.909. The van der Waals surface area contributed by atoms with E-state index in [4.69, 9.17) is 4.74 Å². The Labute approximate surface area is 95.5 Å². The molecule has 2 rings (SSSR count). The van der Waals surface area contributed by atoms with Crippen molar-refractivity contribution in [3.63, 3.8) is 0 Å². The summed E-state index contributed by atoms with van der Waals surface area (Å²) in [5, 5.41) is 15.2.